The summed E-state index contributed by atoms with van der Waals surface area (Å²) >= 11 is 0. The molecule has 0 spiro atoms. The maximum absolute atomic E-state index is 14.8. The highest BCUT2D eigenvalue weighted by atomic mass is 19.2. The van der Waals surface area contributed by atoms with Crippen molar-refractivity contribution in [2.45, 2.75) is 20.0 Å². The van der Waals surface area contributed by atoms with Gasteiger partial charge in [-0.25, -0.2) is 22.0 Å². The highest BCUT2D eigenvalue weighted by Crippen LogP contribution is 2.28. The second-order valence-electron chi connectivity index (χ2n) is 6.87. The third-order valence-corrected chi connectivity index (χ3v) is 4.43. The summed E-state index contributed by atoms with van der Waals surface area (Å²) in [5.41, 5.74) is 0.525. The van der Waals surface area contributed by atoms with Gasteiger partial charge >= 0.3 is 0 Å². The predicted molar refractivity (Wildman–Crippen MR) is 111 cm³/mol. The van der Waals surface area contributed by atoms with E-state index < -0.39 is 35.0 Å². The zero-order valence-electron chi connectivity index (χ0n) is 17.2. The van der Waals surface area contributed by atoms with Crippen LogP contribution in [0.3, 0.4) is 0 Å². The number of alkyl halides is 1. The lowest BCUT2D eigenvalue weighted by Crippen LogP contribution is -2.13. The van der Waals surface area contributed by atoms with Crippen LogP contribution in [0.5, 0.6) is 0 Å². The Morgan fingerprint density at radius 2 is 1.63 bits per heavy atom. The standard InChI is InChI=1S/C23H23F5N2/c1-6-15(13(2)24)9-22(30(4)5)18-8-7-17(12-19(18)26)29-14(3)23-20(27)10-16(25)11-21(23)28/h6-13,29H,3H2,1-2,4-5H3/b15-6?,22-9-. The largest absolute Gasteiger partial charge is 0.377 e. The van der Waals surface area contributed by atoms with Crippen molar-refractivity contribution < 1.29 is 22.0 Å². The molecule has 1 unspecified atom stereocenters. The quantitative estimate of drug-likeness (QED) is 0.403. The van der Waals surface area contributed by atoms with E-state index in [1.807, 2.05) is 0 Å². The van der Waals surface area contributed by atoms with Gasteiger partial charge in [-0.2, -0.15) is 0 Å². The van der Waals surface area contributed by atoms with Gasteiger partial charge in [-0.1, -0.05) is 12.7 Å². The molecule has 0 saturated carbocycles. The fourth-order valence-electron chi connectivity index (χ4n) is 2.90. The number of allylic oxidation sites excluding steroid dienone is 3. The fraction of sp³-hybridized carbons (Fsp3) is 0.217. The number of hydrogen-bond acceptors (Lipinski definition) is 2. The first-order chi connectivity index (χ1) is 14.0. The average molecular weight is 422 g/mol. The Bertz CT molecular complexity index is 984. The number of benzene rings is 2. The van der Waals surface area contributed by atoms with E-state index in [0.717, 1.165) is 6.07 Å². The molecule has 0 saturated heterocycles. The van der Waals surface area contributed by atoms with Crippen molar-refractivity contribution >= 4 is 17.1 Å². The second-order valence-corrected chi connectivity index (χ2v) is 6.87. The summed E-state index contributed by atoms with van der Waals surface area (Å²) in [6, 6.07) is 5.16. The van der Waals surface area contributed by atoms with Crippen LogP contribution in [0.4, 0.5) is 27.6 Å². The Morgan fingerprint density at radius 3 is 2.10 bits per heavy atom. The van der Waals surface area contributed by atoms with Gasteiger partial charge in [-0.05, 0) is 43.7 Å². The molecule has 0 amide bonds. The Kier molecular flexibility index (Phi) is 7.43. The topological polar surface area (TPSA) is 15.3 Å². The molecule has 0 aromatic heterocycles. The first-order valence-electron chi connectivity index (χ1n) is 9.15. The molecular formula is C23H23F5N2. The summed E-state index contributed by atoms with van der Waals surface area (Å²) < 4.78 is 69.5. The lowest BCUT2D eigenvalue weighted by Gasteiger charge is -2.20. The summed E-state index contributed by atoms with van der Waals surface area (Å²) in [4.78, 5) is 1.65. The molecule has 30 heavy (non-hydrogen) atoms. The summed E-state index contributed by atoms with van der Waals surface area (Å²) in [7, 11) is 3.41. The Labute approximate surface area is 173 Å². The molecule has 0 radical (unpaired) electrons. The molecule has 0 aliphatic carbocycles. The summed E-state index contributed by atoms with van der Waals surface area (Å²) in [5.74, 6) is -3.93. The number of halogens is 5. The van der Waals surface area contributed by atoms with Crippen molar-refractivity contribution in [3.8, 4) is 0 Å². The van der Waals surface area contributed by atoms with Gasteiger partial charge in [0.05, 0.1) is 5.56 Å². The number of nitrogens with one attached hydrogen (secondary N) is 1. The molecule has 1 N–H and O–H groups in total. The first kappa shape index (κ1) is 23.2. The van der Waals surface area contributed by atoms with Gasteiger partial charge in [0.1, 0.15) is 29.4 Å². The molecule has 7 heteroatoms. The molecule has 2 aromatic rings. The van der Waals surface area contributed by atoms with E-state index in [1.165, 1.54) is 19.1 Å². The van der Waals surface area contributed by atoms with Crippen LogP contribution >= 0.6 is 0 Å². The van der Waals surface area contributed by atoms with Gasteiger partial charge < -0.3 is 10.2 Å². The number of nitrogens with zero attached hydrogens (tertiary/aromatic N) is 1. The van der Waals surface area contributed by atoms with Gasteiger partial charge in [0.25, 0.3) is 0 Å². The summed E-state index contributed by atoms with van der Waals surface area (Å²) in [5, 5.41) is 2.62. The van der Waals surface area contributed by atoms with Crippen LogP contribution in [0.2, 0.25) is 0 Å². The number of hydrogen-bond donors (Lipinski definition) is 1. The van der Waals surface area contributed by atoms with Crippen LogP contribution < -0.4 is 5.32 Å². The van der Waals surface area contributed by atoms with E-state index in [9.17, 15) is 22.0 Å². The lowest BCUT2D eigenvalue weighted by atomic mass is 10.0. The zero-order valence-corrected chi connectivity index (χ0v) is 17.2. The van der Waals surface area contributed by atoms with E-state index >= 15 is 0 Å². The molecule has 0 fully saturated rings. The fourth-order valence-corrected chi connectivity index (χ4v) is 2.90. The maximum atomic E-state index is 14.8. The van der Waals surface area contributed by atoms with Gasteiger partial charge in [0.2, 0.25) is 0 Å². The van der Waals surface area contributed by atoms with Crippen molar-refractivity contribution in [2.24, 2.45) is 0 Å². The minimum absolute atomic E-state index is 0.188. The molecule has 2 nitrogen and oxygen atoms in total. The summed E-state index contributed by atoms with van der Waals surface area (Å²) in [6.45, 7) is 6.64. The van der Waals surface area contributed by atoms with Crippen LogP contribution in [-0.2, 0) is 0 Å². The van der Waals surface area contributed by atoms with Crippen molar-refractivity contribution in [3.63, 3.8) is 0 Å². The second kappa shape index (κ2) is 9.61. The third kappa shape index (κ3) is 5.28. The van der Waals surface area contributed by atoms with Gasteiger partial charge in [-0.15, -0.1) is 0 Å². The molecule has 160 valence electrons. The van der Waals surface area contributed by atoms with E-state index in [-0.39, 0.29) is 16.9 Å². The zero-order chi connectivity index (χ0) is 22.6. The van der Waals surface area contributed by atoms with Crippen LogP contribution in [-0.4, -0.2) is 25.2 Å². The molecular weight excluding hydrogens is 399 g/mol. The smallest absolute Gasteiger partial charge is 0.138 e. The van der Waals surface area contributed by atoms with Crippen molar-refractivity contribution in [2.75, 3.05) is 19.4 Å². The Morgan fingerprint density at radius 1 is 1.03 bits per heavy atom. The number of anilines is 1. The van der Waals surface area contributed by atoms with E-state index in [1.54, 1.807) is 38.1 Å². The molecule has 2 aromatic carbocycles. The lowest BCUT2D eigenvalue weighted by molar-refractivity contribution is 0.416. The molecule has 1 atom stereocenters. The molecule has 0 aliphatic heterocycles. The van der Waals surface area contributed by atoms with Crippen molar-refractivity contribution in [3.05, 3.63) is 89.0 Å². The molecule has 0 bridgehead atoms. The SMILES string of the molecule is C=C(Nc1ccc(/C(=C/C(=CC)C(C)F)N(C)C)c(F)c1)c1c(F)cc(F)cc1F. The van der Waals surface area contributed by atoms with E-state index in [4.69, 9.17) is 0 Å². The first-order valence-corrected chi connectivity index (χ1v) is 9.15. The monoisotopic (exact) mass is 422 g/mol. The highest BCUT2D eigenvalue weighted by molar-refractivity contribution is 5.77. The molecule has 2 rings (SSSR count). The van der Waals surface area contributed by atoms with Crippen LogP contribution in [0.15, 0.2) is 54.6 Å². The van der Waals surface area contributed by atoms with Gasteiger partial charge in [0, 0.05) is 48.9 Å². The van der Waals surface area contributed by atoms with Gasteiger partial charge in [-0.3, -0.25) is 0 Å². The minimum Gasteiger partial charge on any atom is -0.377 e. The average Bonchev–Trinajstić information content (AvgIpc) is 2.62. The molecule has 0 heterocycles. The van der Waals surface area contributed by atoms with E-state index in [0.29, 0.717) is 23.4 Å². The van der Waals surface area contributed by atoms with Crippen LogP contribution in [0, 0.1) is 23.3 Å². The van der Waals surface area contributed by atoms with Crippen LogP contribution in [0.1, 0.15) is 25.0 Å². The third-order valence-electron chi connectivity index (χ3n) is 4.43. The highest BCUT2D eigenvalue weighted by Gasteiger charge is 2.17. The maximum Gasteiger partial charge on any atom is 0.138 e. The van der Waals surface area contributed by atoms with Gasteiger partial charge in [0.15, 0.2) is 0 Å². The molecule has 0 aliphatic rings. The normalized spacial score (nSPS) is 13.2. The predicted octanol–water partition coefficient (Wildman–Crippen LogP) is 6.53. The van der Waals surface area contributed by atoms with Crippen molar-refractivity contribution in [1.29, 1.82) is 0 Å². The number of rotatable bonds is 7. The Hall–Kier alpha value is -3.09. The van der Waals surface area contributed by atoms with Crippen LogP contribution in [0.25, 0.3) is 11.4 Å². The minimum atomic E-state index is -1.22. The van der Waals surface area contributed by atoms with E-state index in [2.05, 4.69) is 11.9 Å². The van der Waals surface area contributed by atoms with Crippen molar-refractivity contribution in [1.82, 2.24) is 4.90 Å². The Balaban J connectivity index is 2.37. The summed E-state index contributed by atoms with van der Waals surface area (Å²) in [6.07, 6.45) is 1.94.